The smallest absolute Gasteiger partial charge is 0.308 e. The van der Waals surface area contributed by atoms with Gasteiger partial charge in [-0.1, -0.05) is 0 Å². The van der Waals surface area contributed by atoms with Gasteiger partial charge in [0.25, 0.3) is 5.91 Å². The standard InChI is InChI=1S/C15H20N2O4/c1-10-2-5-16-8-12(10)14(18)17-9-13(15(19)20)11-3-6-21-7-4-11/h2,5,8,11,13H,3-4,6-7,9H2,1H3,(H,17,18)(H,19,20). The number of nitrogens with zero attached hydrogens (tertiary/aromatic N) is 1. The molecule has 1 saturated heterocycles. The normalized spacial score (nSPS) is 17.2. The van der Waals surface area contributed by atoms with E-state index in [9.17, 15) is 14.7 Å². The minimum atomic E-state index is -0.870. The second-order valence-electron chi connectivity index (χ2n) is 5.30. The van der Waals surface area contributed by atoms with Crippen LogP contribution in [0.25, 0.3) is 0 Å². The van der Waals surface area contributed by atoms with Crippen molar-refractivity contribution in [1.82, 2.24) is 10.3 Å². The highest BCUT2D eigenvalue weighted by Gasteiger charge is 2.30. The first-order valence-corrected chi connectivity index (χ1v) is 7.09. The Balaban J connectivity index is 1.97. The molecule has 1 unspecified atom stereocenters. The molecule has 0 spiro atoms. The first-order valence-electron chi connectivity index (χ1n) is 7.09. The Bertz CT molecular complexity index is 512. The quantitative estimate of drug-likeness (QED) is 0.852. The highest BCUT2D eigenvalue weighted by Crippen LogP contribution is 2.23. The van der Waals surface area contributed by atoms with Crippen molar-refractivity contribution in [3.8, 4) is 0 Å². The number of aliphatic carboxylic acids is 1. The van der Waals surface area contributed by atoms with Crippen LogP contribution in [0.5, 0.6) is 0 Å². The largest absolute Gasteiger partial charge is 0.481 e. The van der Waals surface area contributed by atoms with Crippen LogP contribution in [0.3, 0.4) is 0 Å². The number of carboxylic acids is 1. The van der Waals surface area contributed by atoms with Crippen LogP contribution in [0.2, 0.25) is 0 Å². The van der Waals surface area contributed by atoms with Crippen LogP contribution in [-0.4, -0.2) is 41.7 Å². The molecule has 2 N–H and O–H groups in total. The average Bonchev–Trinajstić information content (AvgIpc) is 2.48. The fourth-order valence-electron chi connectivity index (χ4n) is 2.57. The van der Waals surface area contributed by atoms with Crippen LogP contribution in [0.4, 0.5) is 0 Å². The van der Waals surface area contributed by atoms with Crippen LogP contribution < -0.4 is 5.32 Å². The van der Waals surface area contributed by atoms with Gasteiger partial charge in [-0.3, -0.25) is 14.6 Å². The number of aromatic nitrogens is 1. The fourth-order valence-corrected chi connectivity index (χ4v) is 2.57. The molecular weight excluding hydrogens is 272 g/mol. The topological polar surface area (TPSA) is 88.5 Å². The number of carbonyl (C=O) groups is 2. The highest BCUT2D eigenvalue weighted by molar-refractivity contribution is 5.95. The highest BCUT2D eigenvalue weighted by atomic mass is 16.5. The van der Waals surface area contributed by atoms with Gasteiger partial charge in [0.15, 0.2) is 0 Å². The van der Waals surface area contributed by atoms with Crippen molar-refractivity contribution in [2.24, 2.45) is 11.8 Å². The van der Waals surface area contributed by atoms with E-state index in [1.807, 2.05) is 6.92 Å². The summed E-state index contributed by atoms with van der Waals surface area (Å²) in [5, 5.41) is 12.1. The van der Waals surface area contributed by atoms with Gasteiger partial charge < -0.3 is 15.2 Å². The van der Waals surface area contributed by atoms with Gasteiger partial charge in [-0.15, -0.1) is 0 Å². The molecule has 1 amide bonds. The number of carbonyl (C=O) groups excluding carboxylic acids is 1. The van der Waals surface area contributed by atoms with Crippen molar-refractivity contribution >= 4 is 11.9 Å². The summed E-state index contributed by atoms with van der Waals surface area (Å²) in [6.45, 7) is 3.13. The molecule has 1 aliphatic rings. The second-order valence-corrected chi connectivity index (χ2v) is 5.30. The molecule has 1 aliphatic heterocycles. The molecule has 0 saturated carbocycles. The predicted molar refractivity (Wildman–Crippen MR) is 76.0 cm³/mol. The summed E-state index contributed by atoms with van der Waals surface area (Å²) in [6.07, 6.45) is 4.56. The van der Waals surface area contributed by atoms with Crippen molar-refractivity contribution in [3.63, 3.8) is 0 Å². The number of ether oxygens (including phenoxy) is 1. The van der Waals surface area contributed by atoms with Crippen LogP contribution in [0.15, 0.2) is 18.5 Å². The zero-order valence-corrected chi connectivity index (χ0v) is 12.0. The maximum atomic E-state index is 12.1. The lowest BCUT2D eigenvalue weighted by Gasteiger charge is -2.27. The molecule has 1 atom stereocenters. The molecule has 6 heteroatoms. The van der Waals surface area contributed by atoms with Gasteiger partial charge in [-0.25, -0.2) is 0 Å². The summed E-state index contributed by atoms with van der Waals surface area (Å²) >= 11 is 0. The van der Waals surface area contributed by atoms with Crippen molar-refractivity contribution in [3.05, 3.63) is 29.6 Å². The van der Waals surface area contributed by atoms with E-state index < -0.39 is 11.9 Å². The van der Waals surface area contributed by atoms with Crippen molar-refractivity contribution < 1.29 is 19.4 Å². The number of nitrogens with one attached hydrogen (secondary N) is 1. The van der Waals surface area contributed by atoms with E-state index in [0.717, 1.165) is 18.4 Å². The lowest BCUT2D eigenvalue weighted by molar-refractivity contribution is -0.144. The Morgan fingerprint density at radius 2 is 2.19 bits per heavy atom. The van der Waals surface area contributed by atoms with E-state index in [-0.39, 0.29) is 18.4 Å². The third kappa shape index (κ3) is 4.01. The SMILES string of the molecule is Cc1ccncc1C(=O)NCC(C(=O)O)C1CCOCC1. The number of carboxylic acid groups (broad SMARTS) is 1. The molecule has 21 heavy (non-hydrogen) atoms. The Morgan fingerprint density at radius 3 is 2.81 bits per heavy atom. The first kappa shape index (κ1) is 15.4. The van der Waals surface area contributed by atoms with E-state index in [1.165, 1.54) is 6.20 Å². The summed E-state index contributed by atoms with van der Waals surface area (Å²) in [7, 11) is 0. The Kier molecular flexibility index (Phi) is 5.27. The third-order valence-corrected chi connectivity index (χ3v) is 3.92. The molecule has 2 rings (SSSR count). The Hall–Kier alpha value is -1.95. The summed E-state index contributed by atoms with van der Waals surface area (Å²) < 4.78 is 5.25. The lowest BCUT2D eigenvalue weighted by Crippen LogP contribution is -2.39. The van der Waals surface area contributed by atoms with E-state index in [2.05, 4.69) is 10.3 Å². The number of pyridine rings is 1. The molecule has 114 valence electrons. The van der Waals surface area contributed by atoms with Crippen molar-refractivity contribution in [1.29, 1.82) is 0 Å². The number of hydrogen-bond acceptors (Lipinski definition) is 4. The molecule has 1 fully saturated rings. The van der Waals surface area contributed by atoms with Crippen molar-refractivity contribution in [2.45, 2.75) is 19.8 Å². The summed E-state index contributed by atoms with van der Waals surface area (Å²) in [6, 6.07) is 1.75. The first-order chi connectivity index (χ1) is 10.1. The van der Waals surface area contributed by atoms with Crippen LogP contribution >= 0.6 is 0 Å². The summed E-state index contributed by atoms with van der Waals surface area (Å²) in [5.74, 6) is -1.68. The Labute approximate surface area is 123 Å². The van der Waals surface area contributed by atoms with Crippen LogP contribution in [-0.2, 0) is 9.53 Å². The summed E-state index contributed by atoms with van der Waals surface area (Å²) in [4.78, 5) is 27.4. The maximum Gasteiger partial charge on any atom is 0.308 e. The van der Waals surface area contributed by atoms with Gasteiger partial charge in [0, 0.05) is 32.2 Å². The summed E-state index contributed by atoms with van der Waals surface area (Å²) in [5.41, 5.74) is 1.30. The molecular formula is C15H20N2O4. The van der Waals surface area contributed by atoms with Gasteiger partial charge in [0.05, 0.1) is 11.5 Å². The van der Waals surface area contributed by atoms with Gasteiger partial charge in [0.1, 0.15) is 0 Å². The van der Waals surface area contributed by atoms with Gasteiger partial charge in [0.2, 0.25) is 0 Å². The zero-order chi connectivity index (χ0) is 15.2. The lowest BCUT2D eigenvalue weighted by atomic mass is 9.86. The number of amides is 1. The number of hydrogen-bond donors (Lipinski definition) is 2. The monoisotopic (exact) mass is 292 g/mol. The third-order valence-electron chi connectivity index (χ3n) is 3.92. The number of aryl methyl sites for hydroxylation is 1. The molecule has 0 radical (unpaired) electrons. The number of rotatable bonds is 5. The minimum absolute atomic E-state index is 0.0477. The van der Waals surface area contributed by atoms with E-state index in [1.54, 1.807) is 12.3 Å². The van der Waals surface area contributed by atoms with E-state index >= 15 is 0 Å². The molecule has 0 bridgehead atoms. The van der Waals surface area contributed by atoms with E-state index in [4.69, 9.17) is 4.74 Å². The zero-order valence-electron chi connectivity index (χ0n) is 12.0. The maximum absolute atomic E-state index is 12.1. The molecule has 1 aromatic heterocycles. The van der Waals surface area contributed by atoms with Gasteiger partial charge >= 0.3 is 5.97 Å². The minimum Gasteiger partial charge on any atom is -0.481 e. The van der Waals surface area contributed by atoms with Gasteiger partial charge in [-0.2, -0.15) is 0 Å². The predicted octanol–water partition coefficient (Wildman–Crippen LogP) is 1.25. The molecule has 6 nitrogen and oxygen atoms in total. The molecule has 0 aliphatic carbocycles. The van der Waals surface area contributed by atoms with Crippen molar-refractivity contribution in [2.75, 3.05) is 19.8 Å². The molecule has 2 heterocycles. The Morgan fingerprint density at radius 1 is 1.48 bits per heavy atom. The van der Waals surface area contributed by atoms with Crippen LogP contribution in [0, 0.1) is 18.8 Å². The average molecular weight is 292 g/mol. The second kappa shape index (κ2) is 7.17. The fraction of sp³-hybridized carbons (Fsp3) is 0.533. The molecule has 0 aromatic carbocycles. The van der Waals surface area contributed by atoms with Gasteiger partial charge in [-0.05, 0) is 37.3 Å². The molecule has 1 aromatic rings. The van der Waals surface area contributed by atoms with Crippen LogP contribution in [0.1, 0.15) is 28.8 Å². The van der Waals surface area contributed by atoms with E-state index in [0.29, 0.717) is 18.8 Å².